The molecule has 2 N–H and O–H groups in total. The summed E-state index contributed by atoms with van der Waals surface area (Å²) in [5.74, 6) is -1.08. The molecule has 0 unspecified atom stereocenters. The van der Waals surface area contributed by atoms with Gasteiger partial charge in [0.15, 0.2) is 0 Å². The van der Waals surface area contributed by atoms with Crippen molar-refractivity contribution in [1.82, 2.24) is 0 Å². The van der Waals surface area contributed by atoms with Crippen LogP contribution in [0.2, 0.25) is 0 Å². The summed E-state index contributed by atoms with van der Waals surface area (Å²) in [6, 6.07) is 1.27. The van der Waals surface area contributed by atoms with Gasteiger partial charge < -0.3 is 4.74 Å². The molecule has 1 rings (SSSR count). The van der Waals surface area contributed by atoms with Crippen molar-refractivity contribution in [3.8, 4) is 5.75 Å². The van der Waals surface area contributed by atoms with Gasteiger partial charge in [0.25, 0.3) is 6.43 Å². The molecule has 18 heavy (non-hydrogen) atoms. The van der Waals surface area contributed by atoms with Gasteiger partial charge in [-0.3, -0.25) is 0 Å². The number of sulfonamides is 1. The molecule has 4 nitrogen and oxygen atoms in total. The number of ether oxygens (including phenoxy) is 1. The van der Waals surface area contributed by atoms with Crippen LogP contribution in [0.1, 0.15) is 12.0 Å². The van der Waals surface area contributed by atoms with E-state index in [4.69, 9.17) is 0 Å². The second kappa shape index (κ2) is 4.69. The van der Waals surface area contributed by atoms with E-state index in [0.29, 0.717) is 18.2 Å². The van der Waals surface area contributed by atoms with Crippen LogP contribution in [0.15, 0.2) is 23.1 Å². The van der Waals surface area contributed by atoms with Gasteiger partial charge in [0.2, 0.25) is 10.0 Å². The molecule has 0 aliphatic heterocycles. The number of hydrogen-bond donors (Lipinski definition) is 1. The summed E-state index contributed by atoms with van der Waals surface area (Å²) in [5.41, 5.74) is -0.944. The predicted molar refractivity (Wildman–Crippen MR) is 49.5 cm³/mol. The van der Waals surface area contributed by atoms with E-state index >= 15 is 0 Å². The third-order valence-electron chi connectivity index (χ3n) is 1.72. The van der Waals surface area contributed by atoms with E-state index in [0.717, 1.165) is 0 Å². The number of primary sulfonamides is 1. The summed E-state index contributed by atoms with van der Waals surface area (Å²) in [6.07, 6.45) is -8.29. The minimum Gasteiger partial charge on any atom is -0.406 e. The van der Waals surface area contributed by atoms with E-state index in [2.05, 4.69) is 9.88 Å². The number of benzene rings is 1. The molecular formula is C8H6F5NO3S. The van der Waals surface area contributed by atoms with Gasteiger partial charge >= 0.3 is 6.36 Å². The molecular weight excluding hydrogens is 285 g/mol. The van der Waals surface area contributed by atoms with Gasteiger partial charge in [-0.1, -0.05) is 0 Å². The Kier molecular flexibility index (Phi) is 3.81. The number of rotatable bonds is 3. The molecule has 0 saturated heterocycles. The van der Waals surface area contributed by atoms with E-state index in [1.54, 1.807) is 0 Å². The van der Waals surface area contributed by atoms with E-state index in [-0.39, 0.29) is 0 Å². The third-order valence-corrected chi connectivity index (χ3v) is 2.61. The van der Waals surface area contributed by atoms with Crippen LogP contribution in [-0.4, -0.2) is 14.8 Å². The highest BCUT2D eigenvalue weighted by Crippen LogP contribution is 2.30. The van der Waals surface area contributed by atoms with E-state index in [1.807, 2.05) is 0 Å². The van der Waals surface area contributed by atoms with Crippen LogP contribution in [0, 0.1) is 0 Å². The molecule has 1 aromatic carbocycles. The Balaban J connectivity index is 3.32. The number of halogens is 5. The fraction of sp³-hybridized carbons (Fsp3) is 0.250. The topological polar surface area (TPSA) is 69.4 Å². The van der Waals surface area contributed by atoms with Crippen molar-refractivity contribution in [2.75, 3.05) is 0 Å². The fourth-order valence-corrected chi connectivity index (χ4v) is 1.66. The Labute approximate surface area is 98.2 Å². The number of nitrogens with two attached hydrogens (primary N) is 1. The first-order valence-corrected chi connectivity index (χ1v) is 5.75. The van der Waals surface area contributed by atoms with E-state index < -0.39 is 39.0 Å². The van der Waals surface area contributed by atoms with Crippen molar-refractivity contribution in [2.45, 2.75) is 17.7 Å². The highest BCUT2D eigenvalue weighted by molar-refractivity contribution is 7.89. The summed E-state index contributed by atoms with van der Waals surface area (Å²) >= 11 is 0. The summed E-state index contributed by atoms with van der Waals surface area (Å²) in [4.78, 5) is -0.889. The lowest BCUT2D eigenvalue weighted by atomic mass is 10.2. The van der Waals surface area contributed by atoms with Crippen LogP contribution in [0.3, 0.4) is 0 Å². The molecule has 0 aliphatic rings. The molecule has 0 saturated carbocycles. The molecule has 0 spiro atoms. The molecule has 0 bridgehead atoms. The van der Waals surface area contributed by atoms with Gasteiger partial charge in [0, 0.05) is 11.6 Å². The van der Waals surface area contributed by atoms with Crippen LogP contribution in [-0.2, 0) is 10.0 Å². The second-order valence-electron chi connectivity index (χ2n) is 3.13. The quantitative estimate of drug-likeness (QED) is 0.868. The van der Waals surface area contributed by atoms with Crippen molar-refractivity contribution in [3.05, 3.63) is 23.8 Å². The Morgan fingerprint density at radius 2 is 1.72 bits per heavy atom. The van der Waals surface area contributed by atoms with Crippen LogP contribution in [0.25, 0.3) is 0 Å². The first-order chi connectivity index (χ1) is 7.99. The lowest BCUT2D eigenvalue weighted by Gasteiger charge is -2.11. The Hall–Kier alpha value is -1.42. The highest BCUT2D eigenvalue weighted by Gasteiger charge is 2.32. The maximum Gasteiger partial charge on any atom is 0.573 e. The molecule has 0 radical (unpaired) electrons. The molecule has 0 aromatic heterocycles. The first kappa shape index (κ1) is 14.6. The summed E-state index contributed by atoms with van der Waals surface area (Å²) < 4.78 is 85.7. The largest absolute Gasteiger partial charge is 0.573 e. The Bertz CT molecular complexity index is 540. The van der Waals surface area contributed by atoms with Crippen molar-refractivity contribution in [3.63, 3.8) is 0 Å². The second-order valence-corrected chi connectivity index (χ2v) is 4.69. The molecule has 0 heterocycles. The molecule has 0 amide bonds. The minimum absolute atomic E-state index is 0.382. The zero-order valence-corrected chi connectivity index (χ0v) is 9.23. The van der Waals surface area contributed by atoms with Crippen molar-refractivity contribution in [2.24, 2.45) is 5.14 Å². The van der Waals surface area contributed by atoms with Crippen LogP contribution in [0.4, 0.5) is 22.0 Å². The van der Waals surface area contributed by atoms with Gasteiger partial charge in [-0.25, -0.2) is 22.3 Å². The minimum atomic E-state index is -5.13. The molecule has 0 atom stereocenters. The summed E-state index contributed by atoms with van der Waals surface area (Å²) in [7, 11) is -4.42. The Morgan fingerprint density at radius 1 is 1.17 bits per heavy atom. The van der Waals surface area contributed by atoms with Crippen LogP contribution < -0.4 is 9.88 Å². The SMILES string of the molecule is NS(=O)(=O)c1cc(OC(F)(F)F)cc(C(F)F)c1. The molecule has 10 heteroatoms. The van der Waals surface area contributed by atoms with Crippen molar-refractivity contribution in [1.29, 1.82) is 0 Å². The Morgan fingerprint density at radius 3 is 2.11 bits per heavy atom. The molecule has 1 aromatic rings. The molecule has 0 fully saturated rings. The average molecular weight is 291 g/mol. The fourth-order valence-electron chi connectivity index (χ4n) is 1.08. The van der Waals surface area contributed by atoms with Gasteiger partial charge in [0.1, 0.15) is 5.75 Å². The van der Waals surface area contributed by atoms with Crippen molar-refractivity contribution >= 4 is 10.0 Å². The zero-order valence-electron chi connectivity index (χ0n) is 8.41. The highest BCUT2D eigenvalue weighted by atomic mass is 32.2. The van der Waals surface area contributed by atoms with Gasteiger partial charge in [-0.05, 0) is 12.1 Å². The number of hydrogen-bond acceptors (Lipinski definition) is 3. The van der Waals surface area contributed by atoms with Gasteiger partial charge in [0.05, 0.1) is 4.90 Å². The predicted octanol–water partition coefficient (Wildman–Crippen LogP) is 2.17. The summed E-state index contributed by atoms with van der Waals surface area (Å²) in [5, 5.41) is 4.65. The average Bonchev–Trinajstić information content (AvgIpc) is 2.12. The normalized spacial score (nSPS) is 12.8. The molecule has 102 valence electrons. The molecule has 0 aliphatic carbocycles. The standard InChI is InChI=1S/C8H6F5NO3S/c9-7(10)4-1-5(17-8(11,12)13)3-6(2-4)18(14,15)16/h1-3,7H,(H2,14,15,16). The van der Waals surface area contributed by atoms with E-state index in [1.165, 1.54) is 0 Å². The van der Waals surface area contributed by atoms with Crippen LogP contribution in [0.5, 0.6) is 5.75 Å². The van der Waals surface area contributed by atoms with Crippen molar-refractivity contribution < 1.29 is 35.1 Å². The van der Waals surface area contributed by atoms with E-state index in [9.17, 15) is 30.4 Å². The first-order valence-electron chi connectivity index (χ1n) is 4.21. The third kappa shape index (κ3) is 4.11. The monoisotopic (exact) mass is 291 g/mol. The maximum atomic E-state index is 12.4. The lowest BCUT2D eigenvalue weighted by Crippen LogP contribution is -2.18. The smallest absolute Gasteiger partial charge is 0.406 e. The van der Waals surface area contributed by atoms with Gasteiger partial charge in [-0.15, -0.1) is 13.2 Å². The van der Waals surface area contributed by atoms with Crippen LogP contribution >= 0.6 is 0 Å². The zero-order chi connectivity index (χ0) is 14.1. The lowest BCUT2D eigenvalue weighted by molar-refractivity contribution is -0.274. The summed E-state index contributed by atoms with van der Waals surface area (Å²) in [6.45, 7) is 0. The maximum absolute atomic E-state index is 12.4. The number of alkyl halides is 5. The van der Waals surface area contributed by atoms with Gasteiger partial charge in [-0.2, -0.15) is 0 Å².